The highest BCUT2D eigenvalue weighted by molar-refractivity contribution is 7.99. The zero-order chi connectivity index (χ0) is 11.9. The first-order chi connectivity index (χ1) is 8.38. The lowest BCUT2D eigenvalue weighted by atomic mass is 10.1. The molecule has 2 rings (SSSR count). The zero-order valence-corrected chi connectivity index (χ0v) is 11.4. The maximum atomic E-state index is 4.33. The molecule has 1 aliphatic rings. The van der Waals surface area contributed by atoms with Gasteiger partial charge in [-0.3, -0.25) is 0 Å². The number of hydrogen-bond donors (Lipinski definition) is 1. The van der Waals surface area contributed by atoms with Crippen LogP contribution in [-0.4, -0.2) is 17.3 Å². The summed E-state index contributed by atoms with van der Waals surface area (Å²) in [6, 6.07) is 4.30. The smallest absolute Gasteiger partial charge is 0.126 e. The maximum absolute atomic E-state index is 4.33. The van der Waals surface area contributed by atoms with E-state index in [0.717, 1.165) is 24.7 Å². The fraction of sp³-hybridized carbons (Fsp3) is 0.643. The lowest BCUT2D eigenvalue weighted by Crippen LogP contribution is -2.01. The Morgan fingerprint density at radius 1 is 1.41 bits per heavy atom. The largest absolute Gasteiger partial charge is 0.370 e. The third kappa shape index (κ3) is 4.23. The van der Waals surface area contributed by atoms with E-state index < -0.39 is 0 Å². The SMILES string of the molecule is CCCNc1cc(SCC2CCCC2)ccn1. The van der Waals surface area contributed by atoms with Crippen LogP contribution in [0, 0.1) is 5.92 Å². The normalized spacial score (nSPS) is 16.3. The molecule has 1 N–H and O–H groups in total. The molecular weight excluding hydrogens is 228 g/mol. The summed E-state index contributed by atoms with van der Waals surface area (Å²) in [7, 11) is 0. The number of thioether (sulfide) groups is 1. The third-order valence-electron chi connectivity index (χ3n) is 3.25. The van der Waals surface area contributed by atoms with E-state index in [1.807, 2.05) is 18.0 Å². The fourth-order valence-electron chi connectivity index (χ4n) is 2.24. The first-order valence-electron chi connectivity index (χ1n) is 6.71. The van der Waals surface area contributed by atoms with Crippen molar-refractivity contribution in [2.45, 2.75) is 43.9 Å². The van der Waals surface area contributed by atoms with Gasteiger partial charge >= 0.3 is 0 Å². The second-order valence-corrected chi connectivity index (χ2v) is 5.86. The van der Waals surface area contributed by atoms with Gasteiger partial charge in [0.2, 0.25) is 0 Å². The molecule has 1 heterocycles. The number of rotatable bonds is 6. The highest BCUT2D eigenvalue weighted by atomic mass is 32.2. The standard InChI is InChI=1S/C14H22N2S/c1-2-8-15-14-10-13(7-9-16-14)17-11-12-5-3-4-6-12/h7,9-10,12H,2-6,8,11H2,1H3,(H,15,16). The highest BCUT2D eigenvalue weighted by Gasteiger charge is 2.14. The van der Waals surface area contributed by atoms with Gasteiger partial charge in [0.1, 0.15) is 5.82 Å². The summed E-state index contributed by atoms with van der Waals surface area (Å²) in [4.78, 5) is 5.68. The maximum Gasteiger partial charge on any atom is 0.126 e. The molecule has 17 heavy (non-hydrogen) atoms. The molecule has 0 amide bonds. The van der Waals surface area contributed by atoms with Gasteiger partial charge in [-0.05, 0) is 37.3 Å². The summed E-state index contributed by atoms with van der Waals surface area (Å²) in [5.41, 5.74) is 0. The molecule has 1 aromatic rings. The Kier molecular flexibility index (Phi) is 5.17. The van der Waals surface area contributed by atoms with Gasteiger partial charge < -0.3 is 5.32 Å². The number of pyridine rings is 1. The molecule has 0 spiro atoms. The van der Waals surface area contributed by atoms with Crippen LogP contribution in [0.1, 0.15) is 39.0 Å². The van der Waals surface area contributed by atoms with E-state index in [2.05, 4.69) is 29.4 Å². The van der Waals surface area contributed by atoms with Gasteiger partial charge in [0.25, 0.3) is 0 Å². The van der Waals surface area contributed by atoms with Crippen LogP contribution in [0.2, 0.25) is 0 Å². The van der Waals surface area contributed by atoms with Crippen LogP contribution < -0.4 is 5.32 Å². The van der Waals surface area contributed by atoms with E-state index in [1.54, 1.807) is 0 Å². The number of anilines is 1. The molecular formula is C14H22N2S. The number of nitrogens with one attached hydrogen (secondary N) is 1. The van der Waals surface area contributed by atoms with E-state index in [9.17, 15) is 0 Å². The minimum absolute atomic E-state index is 0.945. The Morgan fingerprint density at radius 2 is 2.24 bits per heavy atom. The van der Waals surface area contributed by atoms with Crippen LogP contribution in [-0.2, 0) is 0 Å². The van der Waals surface area contributed by atoms with E-state index in [4.69, 9.17) is 0 Å². The monoisotopic (exact) mass is 250 g/mol. The second kappa shape index (κ2) is 6.90. The zero-order valence-electron chi connectivity index (χ0n) is 10.6. The van der Waals surface area contributed by atoms with Crippen molar-refractivity contribution < 1.29 is 0 Å². The quantitative estimate of drug-likeness (QED) is 0.766. The molecule has 0 aromatic carbocycles. The molecule has 94 valence electrons. The summed E-state index contributed by atoms with van der Waals surface area (Å²) in [6.45, 7) is 3.18. The van der Waals surface area contributed by atoms with Crippen molar-refractivity contribution in [3.05, 3.63) is 18.3 Å². The molecule has 1 aliphatic carbocycles. The Morgan fingerprint density at radius 3 is 3.00 bits per heavy atom. The fourth-order valence-corrected chi connectivity index (χ4v) is 3.36. The van der Waals surface area contributed by atoms with Crippen LogP contribution in [0.5, 0.6) is 0 Å². The first kappa shape index (κ1) is 12.7. The van der Waals surface area contributed by atoms with Crippen molar-refractivity contribution in [2.24, 2.45) is 5.92 Å². The van der Waals surface area contributed by atoms with Crippen molar-refractivity contribution in [3.63, 3.8) is 0 Å². The average molecular weight is 250 g/mol. The van der Waals surface area contributed by atoms with Gasteiger partial charge in [0.05, 0.1) is 0 Å². The Bertz CT molecular complexity index is 335. The predicted octanol–water partition coefficient (Wildman–Crippen LogP) is 4.19. The summed E-state index contributed by atoms with van der Waals surface area (Å²) < 4.78 is 0. The molecule has 3 heteroatoms. The molecule has 2 nitrogen and oxygen atoms in total. The summed E-state index contributed by atoms with van der Waals surface area (Å²) in [6.07, 6.45) is 8.78. The van der Waals surface area contributed by atoms with E-state index in [-0.39, 0.29) is 0 Å². The van der Waals surface area contributed by atoms with Gasteiger partial charge in [-0.1, -0.05) is 19.8 Å². The Balaban J connectivity index is 1.82. The summed E-state index contributed by atoms with van der Waals surface area (Å²) in [5, 5.41) is 3.34. The average Bonchev–Trinajstić information content (AvgIpc) is 2.87. The lowest BCUT2D eigenvalue weighted by Gasteiger charge is -2.09. The van der Waals surface area contributed by atoms with Gasteiger partial charge in [0, 0.05) is 23.4 Å². The lowest BCUT2D eigenvalue weighted by molar-refractivity contribution is 0.623. The van der Waals surface area contributed by atoms with Crippen molar-refractivity contribution in [1.29, 1.82) is 0 Å². The molecule has 0 radical (unpaired) electrons. The van der Waals surface area contributed by atoms with Crippen LogP contribution in [0.25, 0.3) is 0 Å². The Hall–Kier alpha value is -0.700. The predicted molar refractivity (Wildman–Crippen MR) is 75.7 cm³/mol. The number of aromatic nitrogens is 1. The Labute approximate surface area is 109 Å². The molecule has 0 unspecified atom stereocenters. The second-order valence-electron chi connectivity index (χ2n) is 4.77. The highest BCUT2D eigenvalue weighted by Crippen LogP contribution is 2.31. The molecule has 1 saturated carbocycles. The van der Waals surface area contributed by atoms with E-state index in [1.165, 1.54) is 36.3 Å². The summed E-state index contributed by atoms with van der Waals surface area (Å²) in [5.74, 6) is 3.24. The number of nitrogens with zero attached hydrogens (tertiary/aromatic N) is 1. The molecule has 0 aliphatic heterocycles. The van der Waals surface area contributed by atoms with E-state index >= 15 is 0 Å². The van der Waals surface area contributed by atoms with Gasteiger partial charge in [-0.2, -0.15) is 0 Å². The van der Waals surface area contributed by atoms with Crippen LogP contribution in [0.4, 0.5) is 5.82 Å². The van der Waals surface area contributed by atoms with Crippen LogP contribution in [0.3, 0.4) is 0 Å². The van der Waals surface area contributed by atoms with E-state index in [0.29, 0.717) is 0 Å². The van der Waals surface area contributed by atoms with Gasteiger partial charge in [-0.25, -0.2) is 4.98 Å². The van der Waals surface area contributed by atoms with Crippen LogP contribution >= 0.6 is 11.8 Å². The molecule has 0 saturated heterocycles. The van der Waals surface area contributed by atoms with Crippen LogP contribution in [0.15, 0.2) is 23.2 Å². The molecule has 1 fully saturated rings. The third-order valence-corrected chi connectivity index (χ3v) is 4.47. The molecule has 0 atom stereocenters. The first-order valence-corrected chi connectivity index (χ1v) is 7.69. The van der Waals surface area contributed by atoms with Gasteiger partial charge in [-0.15, -0.1) is 11.8 Å². The van der Waals surface area contributed by atoms with Crippen molar-refractivity contribution >= 4 is 17.6 Å². The molecule has 1 aromatic heterocycles. The van der Waals surface area contributed by atoms with Crippen molar-refractivity contribution in [2.75, 3.05) is 17.6 Å². The topological polar surface area (TPSA) is 24.9 Å². The minimum Gasteiger partial charge on any atom is -0.370 e. The minimum atomic E-state index is 0.945. The van der Waals surface area contributed by atoms with Gasteiger partial charge in [0.15, 0.2) is 0 Å². The van der Waals surface area contributed by atoms with Crippen molar-refractivity contribution in [1.82, 2.24) is 4.98 Å². The molecule has 0 bridgehead atoms. The summed E-state index contributed by atoms with van der Waals surface area (Å²) >= 11 is 1.99. The van der Waals surface area contributed by atoms with Crippen molar-refractivity contribution in [3.8, 4) is 0 Å². The number of hydrogen-bond acceptors (Lipinski definition) is 3.